The Kier molecular flexibility index (Phi) is 4.54. The van der Waals surface area contributed by atoms with Gasteiger partial charge in [-0.15, -0.1) is 0 Å². The summed E-state index contributed by atoms with van der Waals surface area (Å²) in [5, 5.41) is 2.71. The quantitative estimate of drug-likeness (QED) is 0.883. The molecule has 2 atom stereocenters. The lowest BCUT2D eigenvalue weighted by Crippen LogP contribution is -2.44. The fourth-order valence-corrected chi connectivity index (χ4v) is 3.88. The zero-order valence-electron chi connectivity index (χ0n) is 10.9. The first kappa shape index (κ1) is 14.4. The van der Waals surface area contributed by atoms with Crippen LogP contribution in [-0.4, -0.2) is 26.8 Å². The van der Waals surface area contributed by atoms with Gasteiger partial charge in [-0.05, 0) is 44.0 Å². The molecule has 4 nitrogen and oxygen atoms in total. The van der Waals surface area contributed by atoms with E-state index in [1.54, 1.807) is 19.1 Å². The van der Waals surface area contributed by atoms with E-state index in [0.717, 1.165) is 18.5 Å². The standard InChI is InChI=1S/C13H19FN2O2S/c1-10(11-4-6-12(14)7-5-11)16-19(17,18)13-3-2-8-15-9-13/h4-7,10,13,15-16H,2-3,8-9H2,1H3. The average Bonchev–Trinajstić information content (AvgIpc) is 2.40. The molecule has 2 unspecified atom stereocenters. The van der Waals surface area contributed by atoms with Gasteiger partial charge in [-0.1, -0.05) is 12.1 Å². The van der Waals surface area contributed by atoms with E-state index >= 15 is 0 Å². The summed E-state index contributed by atoms with van der Waals surface area (Å²) in [7, 11) is -3.35. The van der Waals surface area contributed by atoms with Crippen LogP contribution in [0.3, 0.4) is 0 Å². The van der Waals surface area contributed by atoms with Crippen LogP contribution in [-0.2, 0) is 10.0 Å². The van der Waals surface area contributed by atoms with Crippen molar-refractivity contribution in [3.05, 3.63) is 35.6 Å². The fraction of sp³-hybridized carbons (Fsp3) is 0.538. The Balaban J connectivity index is 2.04. The third-order valence-corrected chi connectivity index (χ3v) is 5.36. The van der Waals surface area contributed by atoms with Crippen molar-refractivity contribution in [2.45, 2.75) is 31.1 Å². The van der Waals surface area contributed by atoms with Crippen molar-refractivity contribution in [3.63, 3.8) is 0 Å². The molecule has 1 aromatic rings. The number of sulfonamides is 1. The number of piperidine rings is 1. The maximum absolute atomic E-state index is 12.8. The third-order valence-electron chi connectivity index (χ3n) is 3.40. The van der Waals surface area contributed by atoms with Gasteiger partial charge in [-0.2, -0.15) is 0 Å². The molecule has 0 bridgehead atoms. The molecule has 106 valence electrons. The zero-order chi connectivity index (χ0) is 13.9. The Labute approximate surface area is 113 Å². The lowest BCUT2D eigenvalue weighted by Gasteiger charge is -2.25. The van der Waals surface area contributed by atoms with Gasteiger partial charge in [0.05, 0.1) is 5.25 Å². The van der Waals surface area contributed by atoms with Gasteiger partial charge < -0.3 is 5.32 Å². The lowest BCUT2D eigenvalue weighted by atomic mass is 10.1. The van der Waals surface area contributed by atoms with Crippen molar-refractivity contribution in [2.24, 2.45) is 0 Å². The van der Waals surface area contributed by atoms with E-state index in [2.05, 4.69) is 10.0 Å². The van der Waals surface area contributed by atoms with Crippen LogP contribution in [0.25, 0.3) is 0 Å². The van der Waals surface area contributed by atoms with Crippen LogP contribution in [0.4, 0.5) is 4.39 Å². The number of hydrogen-bond acceptors (Lipinski definition) is 3. The molecule has 0 radical (unpaired) electrons. The van der Waals surface area contributed by atoms with Gasteiger partial charge in [0.2, 0.25) is 10.0 Å². The van der Waals surface area contributed by atoms with Gasteiger partial charge in [0.25, 0.3) is 0 Å². The minimum absolute atomic E-state index is 0.324. The summed E-state index contributed by atoms with van der Waals surface area (Å²) < 4.78 is 39.9. The van der Waals surface area contributed by atoms with Crippen molar-refractivity contribution in [1.82, 2.24) is 10.0 Å². The summed E-state index contributed by atoms with van der Waals surface area (Å²) in [6.07, 6.45) is 1.55. The predicted octanol–water partition coefficient (Wildman–Crippen LogP) is 1.56. The lowest BCUT2D eigenvalue weighted by molar-refractivity contribution is 0.485. The molecule has 0 spiro atoms. The largest absolute Gasteiger partial charge is 0.315 e. The second kappa shape index (κ2) is 5.98. The van der Waals surface area contributed by atoms with Crippen LogP contribution >= 0.6 is 0 Å². The Bertz CT molecular complexity index is 510. The number of nitrogens with one attached hydrogen (secondary N) is 2. The van der Waals surface area contributed by atoms with Gasteiger partial charge in [-0.25, -0.2) is 17.5 Å². The molecule has 2 rings (SSSR count). The number of hydrogen-bond donors (Lipinski definition) is 2. The van der Waals surface area contributed by atoms with Crippen molar-refractivity contribution in [2.75, 3.05) is 13.1 Å². The molecule has 1 aliphatic heterocycles. The molecular formula is C13H19FN2O2S. The number of benzene rings is 1. The van der Waals surface area contributed by atoms with Crippen LogP contribution in [0.15, 0.2) is 24.3 Å². The first-order valence-electron chi connectivity index (χ1n) is 6.46. The molecule has 6 heteroatoms. The van der Waals surface area contributed by atoms with Gasteiger partial charge in [0.1, 0.15) is 5.82 Å². The molecule has 1 aliphatic rings. The summed E-state index contributed by atoms with van der Waals surface area (Å²) in [5.41, 5.74) is 0.758. The SMILES string of the molecule is CC(NS(=O)(=O)C1CCCNC1)c1ccc(F)cc1. The fourth-order valence-electron chi connectivity index (χ4n) is 2.25. The molecule has 1 heterocycles. The Morgan fingerprint density at radius 3 is 2.63 bits per heavy atom. The van der Waals surface area contributed by atoms with E-state index in [0.29, 0.717) is 13.0 Å². The highest BCUT2D eigenvalue weighted by atomic mass is 32.2. The average molecular weight is 286 g/mol. The molecule has 19 heavy (non-hydrogen) atoms. The molecule has 0 amide bonds. The normalized spacial score (nSPS) is 22.1. The van der Waals surface area contributed by atoms with Crippen LogP contribution in [0, 0.1) is 5.82 Å². The second-order valence-electron chi connectivity index (χ2n) is 4.90. The molecule has 0 aliphatic carbocycles. The summed E-state index contributed by atoms with van der Waals surface area (Å²) in [5.74, 6) is -0.324. The first-order chi connectivity index (χ1) is 8.99. The van der Waals surface area contributed by atoms with Crippen molar-refractivity contribution in [1.29, 1.82) is 0 Å². The molecule has 1 fully saturated rings. The highest BCUT2D eigenvalue weighted by molar-refractivity contribution is 7.90. The molecular weight excluding hydrogens is 267 g/mol. The first-order valence-corrected chi connectivity index (χ1v) is 8.01. The minimum Gasteiger partial charge on any atom is -0.315 e. The van der Waals surface area contributed by atoms with Crippen molar-refractivity contribution in [3.8, 4) is 0 Å². The van der Waals surface area contributed by atoms with Gasteiger partial charge >= 0.3 is 0 Å². The highest BCUT2D eigenvalue weighted by Gasteiger charge is 2.28. The second-order valence-corrected chi connectivity index (χ2v) is 6.90. The van der Waals surface area contributed by atoms with E-state index in [4.69, 9.17) is 0 Å². The summed E-state index contributed by atoms with van der Waals surface area (Å²) >= 11 is 0. The number of rotatable bonds is 4. The summed E-state index contributed by atoms with van der Waals surface area (Å²) in [6.45, 7) is 3.13. The molecule has 2 N–H and O–H groups in total. The molecule has 0 aromatic heterocycles. The zero-order valence-corrected chi connectivity index (χ0v) is 11.7. The Morgan fingerprint density at radius 1 is 1.37 bits per heavy atom. The Hall–Kier alpha value is -0.980. The van der Waals surface area contributed by atoms with Gasteiger partial charge in [0.15, 0.2) is 0 Å². The minimum atomic E-state index is -3.35. The maximum atomic E-state index is 12.8. The van der Waals surface area contributed by atoms with Crippen LogP contribution in [0.2, 0.25) is 0 Å². The van der Waals surface area contributed by atoms with E-state index < -0.39 is 10.0 Å². The molecule has 1 saturated heterocycles. The monoisotopic (exact) mass is 286 g/mol. The van der Waals surface area contributed by atoms with E-state index in [-0.39, 0.29) is 17.1 Å². The third kappa shape index (κ3) is 3.75. The van der Waals surface area contributed by atoms with E-state index in [1.165, 1.54) is 12.1 Å². The van der Waals surface area contributed by atoms with Gasteiger partial charge in [0, 0.05) is 12.6 Å². The number of halogens is 1. The Morgan fingerprint density at radius 2 is 2.05 bits per heavy atom. The highest BCUT2D eigenvalue weighted by Crippen LogP contribution is 2.17. The maximum Gasteiger partial charge on any atom is 0.216 e. The van der Waals surface area contributed by atoms with Crippen LogP contribution in [0.1, 0.15) is 31.4 Å². The van der Waals surface area contributed by atoms with Crippen molar-refractivity contribution < 1.29 is 12.8 Å². The topological polar surface area (TPSA) is 58.2 Å². The summed E-state index contributed by atoms with van der Waals surface area (Å²) in [4.78, 5) is 0. The van der Waals surface area contributed by atoms with Gasteiger partial charge in [-0.3, -0.25) is 0 Å². The van der Waals surface area contributed by atoms with Crippen molar-refractivity contribution >= 4 is 10.0 Å². The smallest absolute Gasteiger partial charge is 0.216 e. The van der Waals surface area contributed by atoms with E-state index in [1.807, 2.05) is 0 Å². The predicted molar refractivity (Wildman–Crippen MR) is 72.8 cm³/mol. The van der Waals surface area contributed by atoms with Crippen LogP contribution in [0.5, 0.6) is 0 Å². The molecule has 1 aromatic carbocycles. The van der Waals surface area contributed by atoms with E-state index in [9.17, 15) is 12.8 Å². The van der Waals surface area contributed by atoms with Crippen LogP contribution < -0.4 is 10.0 Å². The molecule has 0 saturated carbocycles. The summed E-state index contributed by atoms with van der Waals surface area (Å²) in [6, 6.07) is 5.51.